The van der Waals surface area contributed by atoms with Gasteiger partial charge in [-0.3, -0.25) is 9.78 Å². The average Bonchev–Trinajstić information content (AvgIpc) is 2.58. The number of aryl methyl sites for hydroxylation is 3. The number of amides is 1. The molecular weight excluding hydrogens is 324 g/mol. The van der Waals surface area contributed by atoms with Crippen molar-refractivity contribution in [1.82, 2.24) is 9.88 Å². The van der Waals surface area contributed by atoms with Gasteiger partial charge in [0.1, 0.15) is 11.9 Å². The van der Waals surface area contributed by atoms with Gasteiger partial charge in [0, 0.05) is 11.1 Å². The lowest BCUT2D eigenvalue weighted by Gasteiger charge is -2.39. The summed E-state index contributed by atoms with van der Waals surface area (Å²) in [5.41, 5.74) is 4.70. The maximum absolute atomic E-state index is 13.0. The molecule has 4 nitrogen and oxygen atoms in total. The zero-order valence-electron chi connectivity index (χ0n) is 15.3. The molecule has 3 aromatic rings. The van der Waals surface area contributed by atoms with Crippen LogP contribution in [0.1, 0.15) is 27.2 Å². The number of ether oxygens (including phenoxy) is 1. The maximum Gasteiger partial charge on any atom is 0.254 e. The van der Waals surface area contributed by atoms with Crippen molar-refractivity contribution in [3.05, 3.63) is 70.9 Å². The van der Waals surface area contributed by atoms with Gasteiger partial charge in [0.05, 0.1) is 24.2 Å². The number of carbonyl (C=O) groups is 1. The Hall–Kier alpha value is -2.88. The molecule has 2 heterocycles. The largest absolute Gasteiger partial charge is 0.486 e. The van der Waals surface area contributed by atoms with Crippen LogP contribution in [0, 0.1) is 20.8 Å². The first-order valence-corrected chi connectivity index (χ1v) is 8.91. The molecule has 132 valence electrons. The summed E-state index contributed by atoms with van der Waals surface area (Å²) in [6, 6.07) is 15.8. The summed E-state index contributed by atoms with van der Waals surface area (Å²) in [5.74, 6) is 0.989. The highest BCUT2D eigenvalue weighted by atomic mass is 16.5. The molecule has 0 bridgehead atoms. The number of hydrogen-bond donors (Lipinski definition) is 0. The third-order valence-corrected chi connectivity index (χ3v) is 4.90. The van der Waals surface area contributed by atoms with Crippen molar-refractivity contribution in [2.24, 2.45) is 0 Å². The summed E-state index contributed by atoms with van der Waals surface area (Å²) >= 11 is 0. The zero-order valence-corrected chi connectivity index (χ0v) is 15.3. The standard InChI is InChI=1S/C22H22N2O2/c1-14-7-6-8-15(2)21(14)26-17-12-24(13-17)22(25)19-11-16(3)23-20-10-5-4-9-18(19)20/h4-11,17H,12-13H2,1-3H3. The van der Waals surface area contributed by atoms with Gasteiger partial charge in [-0.15, -0.1) is 0 Å². The second kappa shape index (κ2) is 6.45. The number of pyridine rings is 1. The van der Waals surface area contributed by atoms with Crippen molar-refractivity contribution in [2.75, 3.05) is 13.1 Å². The fourth-order valence-electron chi connectivity index (χ4n) is 3.49. The highest BCUT2D eigenvalue weighted by molar-refractivity contribution is 6.06. The van der Waals surface area contributed by atoms with Gasteiger partial charge in [-0.25, -0.2) is 0 Å². The number of likely N-dealkylation sites (tertiary alicyclic amines) is 1. The topological polar surface area (TPSA) is 42.4 Å². The molecule has 0 aliphatic carbocycles. The quantitative estimate of drug-likeness (QED) is 0.718. The first kappa shape index (κ1) is 16.6. The Bertz CT molecular complexity index is 970. The fraction of sp³-hybridized carbons (Fsp3) is 0.273. The van der Waals surface area contributed by atoms with Crippen molar-refractivity contribution in [2.45, 2.75) is 26.9 Å². The van der Waals surface area contributed by atoms with Crippen LogP contribution < -0.4 is 4.74 Å². The van der Waals surface area contributed by atoms with E-state index < -0.39 is 0 Å². The van der Waals surface area contributed by atoms with Crippen molar-refractivity contribution in [1.29, 1.82) is 0 Å². The predicted octanol–water partition coefficient (Wildman–Crippen LogP) is 4.06. The molecule has 0 spiro atoms. The average molecular weight is 346 g/mol. The van der Waals surface area contributed by atoms with E-state index in [9.17, 15) is 4.79 Å². The van der Waals surface area contributed by atoms with Crippen LogP contribution in [0.25, 0.3) is 10.9 Å². The number of aromatic nitrogens is 1. The number of benzene rings is 2. The van der Waals surface area contributed by atoms with Crippen LogP contribution in [0.2, 0.25) is 0 Å². The third-order valence-electron chi connectivity index (χ3n) is 4.90. The highest BCUT2D eigenvalue weighted by Gasteiger charge is 2.34. The van der Waals surface area contributed by atoms with Crippen molar-refractivity contribution >= 4 is 16.8 Å². The molecule has 4 heteroatoms. The third kappa shape index (κ3) is 2.92. The molecule has 1 aliphatic heterocycles. The zero-order chi connectivity index (χ0) is 18.3. The Morgan fingerprint density at radius 2 is 1.73 bits per heavy atom. The van der Waals surface area contributed by atoms with E-state index in [1.807, 2.05) is 48.2 Å². The first-order valence-electron chi connectivity index (χ1n) is 8.91. The Morgan fingerprint density at radius 1 is 1.04 bits per heavy atom. The Balaban J connectivity index is 1.51. The van der Waals surface area contributed by atoms with Crippen LogP contribution in [-0.2, 0) is 0 Å². The van der Waals surface area contributed by atoms with E-state index in [0.29, 0.717) is 13.1 Å². The molecule has 2 aromatic carbocycles. The van der Waals surface area contributed by atoms with E-state index in [0.717, 1.165) is 39.0 Å². The number of para-hydroxylation sites is 2. The van der Waals surface area contributed by atoms with E-state index in [1.165, 1.54) is 0 Å². The van der Waals surface area contributed by atoms with Gasteiger partial charge in [-0.1, -0.05) is 36.4 Å². The molecule has 26 heavy (non-hydrogen) atoms. The van der Waals surface area contributed by atoms with Gasteiger partial charge in [-0.05, 0) is 44.0 Å². The molecule has 4 rings (SSSR count). The van der Waals surface area contributed by atoms with Crippen LogP contribution in [0.3, 0.4) is 0 Å². The van der Waals surface area contributed by atoms with Gasteiger partial charge in [-0.2, -0.15) is 0 Å². The number of carbonyl (C=O) groups excluding carboxylic acids is 1. The van der Waals surface area contributed by atoms with Gasteiger partial charge in [0.25, 0.3) is 5.91 Å². The SMILES string of the molecule is Cc1cc(C(=O)N2CC(Oc3c(C)cccc3C)C2)c2ccccc2n1. The molecule has 0 unspecified atom stereocenters. The van der Waals surface area contributed by atoms with E-state index in [2.05, 4.69) is 31.0 Å². The molecule has 1 aliphatic rings. The Kier molecular flexibility index (Phi) is 4.11. The van der Waals surface area contributed by atoms with Gasteiger partial charge < -0.3 is 9.64 Å². The number of nitrogens with zero attached hydrogens (tertiary/aromatic N) is 2. The van der Waals surface area contributed by atoms with Gasteiger partial charge in [0.2, 0.25) is 0 Å². The van der Waals surface area contributed by atoms with E-state index in [4.69, 9.17) is 4.74 Å². The van der Waals surface area contributed by atoms with Crippen molar-refractivity contribution < 1.29 is 9.53 Å². The van der Waals surface area contributed by atoms with Crippen molar-refractivity contribution in [3.8, 4) is 5.75 Å². The molecule has 1 aromatic heterocycles. The van der Waals surface area contributed by atoms with Crippen LogP contribution >= 0.6 is 0 Å². The van der Waals surface area contributed by atoms with Crippen LogP contribution in [-0.4, -0.2) is 35.0 Å². The summed E-state index contributed by atoms with van der Waals surface area (Å²) in [6.07, 6.45) is 0.0490. The normalized spacial score (nSPS) is 14.3. The van der Waals surface area contributed by atoms with E-state index in [1.54, 1.807) is 0 Å². The lowest BCUT2D eigenvalue weighted by Crippen LogP contribution is -2.56. The molecule has 1 saturated heterocycles. The molecule has 0 saturated carbocycles. The molecule has 1 amide bonds. The second-order valence-corrected chi connectivity index (χ2v) is 7.00. The minimum Gasteiger partial charge on any atom is -0.486 e. The Morgan fingerprint density at radius 3 is 2.46 bits per heavy atom. The summed E-state index contributed by atoms with van der Waals surface area (Å²) in [7, 11) is 0. The first-order chi connectivity index (χ1) is 12.5. The lowest BCUT2D eigenvalue weighted by molar-refractivity contribution is 0.0174. The van der Waals surface area contributed by atoms with Crippen LogP contribution in [0.5, 0.6) is 5.75 Å². The summed E-state index contributed by atoms with van der Waals surface area (Å²) in [6.45, 7) is 7.25. The minimum atomic E-state index is 0.0490. The summed E-state index contributed by atoms with van der Waals surface area (Å²) in [4.78, 5) is 19.3. The van der Waals surface area contributed by atoms with Crippen LogP contribution in [0.15, 0.2) is 48.5 Å². The second-order valence-electron chi connectivity index (χ2n) is 7.00. The fourth-order valence-corrected chi connectivity index (χ4v) is 3.49. The van der Waals surface area contributed by atoms with E-state index >= 15 is 0 Å². The highest BCUT2D eigenvalue weighted by Crippen LogP contribution is 2.27. The number of hydrogen-bond acceptors (Lipinski definition) is 3. The smallest absolute Gasteiger partial charge is 0.254 e. The number of rotatable bonds is 3. The minimum absolute atomic E-state index is 0.0490. The summed E-state index contributed by atoms with van der Waals surface area (Å²) < 4.78 is 6.13. The number of fused-ring (bicyclic) bond motifs is 1. The predicted molar refractivity (Wildman–Crippen MR) is 103 cm³/mol. The monoisotopic (exact) mass is 346 g/mol. The summed E-state index contributed by atoms with van der Waals surface area (Å²) in [5, 5.41) is 0.905. The molecule has 0 radical (unpaired) electrons. The van der Waals surface area contributed by atoms with Gasteiger partial charge >= 0.3 is 0 Å². The Labute approximate surface area is 153 Å². The molecule has 0 N–H and O–H groups in total. The van der Waals surface area contributed by atoms with Crippen molar-refractivity contribution in [3.63, 3.8) is 0 Å². The molecule has 0 atom stereocenters. The van der Waals surface area contributed by atoms with Gasteiger partial charge in [0.15, 0.2) is 0 Å². The van der Waals surface area contributed by atoms with E-state index in [-0.39, 0.29) is 12.0 Å². The lowest BCUT2D eigenvalue weighted by atomic mass is 10.0. The molecular formula is C22H22N2O2. The maximum atomic E-state index is 13.0. The molecule has 1 fully saturated rings. The van der Waals surface area contributed by atoms with Crippen LogP contribution in [0.4, 0.5) is 0 Å².